The first-order chi connectivity index (χ1) is 29.8. The second-order valence-electron chi connectivity index (χ2n) is 20.3. The van der Waals surface area contributed by atoms with Gasteiger partial charge in [-0.25, -0.2) is 4.79 Å². The quantitative estimate of drug-likeness (QED) is 0.0770. The lowest BCUT2D eigenvalue weighted by atomic mass is 9.55. The molecule has 0 radical (unpaired) electrons. The summed E-state index contributed by atoms with van der Waals surface area (Å²) in [4.78, 5) is 14.5. The molecule has 0 bridgehead atoms. The van der Waals surface area contributed by atoms with Crippen LogP contribution in [-0.2, 0) is 13.6 Å². The van der Waals surface area contributed by atoms with Gasteiger partial charge in [-0.1, -0.05) is 193 Å². The molecule has 1 N–H and O–H groups in total. The fraction of sp³-hybridized carbons (Fsp3) is 0.400. The Bertz CT molecular complexity index is 2160. The van der Waals surface area contributed by atoms with Gasteiger partial charge in [-0.2, -0.15) is 0 Å². The van der Waals surface area contributed by atoms with Gasteiger partial charge in [-0.05, 0) is 92.3 Å². The van der Waals surface area contributed by atoms with Crippen molar-refractivity contribution in [1.82, 2.24) is 0 Å². The van der Waals surface area contributed by atoms with Gasteiger partial charge in [-0.15, -0.1) is 0 Å². The molecule has 0 saturated heterocycles. The van der Waals surface area contributed by atoms with Crippen molar-refractivity contribution in [2.75, 3.05) is 13.2 Å². The van der Waals surface area contributed by atoms with Gasteiger partial charge < -0.3 is 18.7 Å². The summed E-state index contributed by atoms with van der Waals surface area (Å²) < 4.78 is 22.6. The molecule has 0 unspecified atom stereocenters. The maximum absolute atomic E-state index is 14.5. The molecular formula is C55H66O5Si2. The summed E-state index contributed by atoms with van der Waals surface area (Å²) in [6.07, 6.45) is 7.02. The first-order valence-corrected chi connectivity index (χ1v) is 26.8. The summed E-state index contributed by atoms with van der Waals surface area (Å²) in [6.45, 7) is 14.8. The van der Waals surface area contributed by atoms with Gasteiger partial charge in [0.25, 0.3) is 16.6 Å². The van der Waals surface area contributed by atoms with Gasteiger partial charge in [0.2, 0.25) is 0 Å². The first kappa shape index (κ1) is 44.2. The first-order valence-electron chi connectivity index (χ1n) is 22.9. The summed E-state index contributed by atoms with van der Waals surface area (Å²) >= 11 is 0. The Kier molecular flexibility index (Phi) is 13.1. The Morgan fingerprint density at radius 2 is 0.984 bits per heavy atom. The second-order valence-corrected chi connectivity index (χ2v) is 28.9. The largest absolute Gasteiger partial charge is 0.458 e. The van der Waals surface area contributed by atoms with E-state index in [9.17, 15) is 9.90 Å². The van der Waals surface area contributed by atoms with Crippen LogP contribution in [-0.4, -0.2) is 53.1 Å². The highest BCUT2D eigenvalue weighted by atomic mass is 28.4. The van der Waals surface area contributed by atoms with E-state index in [0.29, 0.717) is 24.7 Å². The van der Waals surface area contributed by atoms with Crippen LogP contribution >= 0.6 is 0 Å². The summed E-state index contributed by atoms with van der Waals surface area (Å²) in [7, 11) is -5.97. The zero-order valence-electron chi connectivity index (χ0n) is 37.5. The molecule has 3 aliphatic carbocycles. The number of hydrogen-bond donors (Lipinski definition) is 1. The maximum atomic E-state index is 14.5. The molecule has 324 valence electrons. The van der Waals surface area contributed by atoms with Crippen LogP contribution in [0.5, 0.6) is 0 Å². The van der Waals surface area contributed by atoms with Crippen LogP contribution in [0.3, 0.4) is 0 Å². The van der Waals surface area contributed by atoms with E-state index >= 15 is 0 Å². The third kappa shape index (κ3) is 8.39. The Morgan fingerprint density at radius 1 is 0.565 bits per heavy atom. The molecule has 8 rings (SSSR count). The molecular weight excluding hydrogens is 797 g/mol. The van der Waals surface area contributed by atoms with Gasteiger partial charge in [0.05, 0.1) is 11.7 Å². The lowest BCUT2D eigenvalue weighted by Crippen LogP contribution is -2.68. The molecule has 7 heteroatoms. The number of aliphatic hydroxyl groups is 1. The SMILES string of the molecule is CC(C)(C)[Si](OC[C@@H]1C[C@H]2C[C@@H]3CC=CC[C@@H]3[C@@H](O)[C@H]2[C@@H](OC(=O)c2ccccc2)[C@H]1CO[Si](c1ccccc1)(c1ccccc1)C(C)(C)C)(c1ccccc1)c1ccccc1. The topological polar surface area (TPSA) is 65.0 Å². The van der Waals surface area contributed by atoms with E-state index in [4.69, 9.17) is 13.6 Å². The minimum Gasteiger partial charge on any atom is -0.458 e. The van der Waals surface area contributed by atoms with Crippen molar-refractivity contribution < 1.29 is 23.5 Å². The normalized spacial score (nSPS) is 25.3. The van der Waals surface area contributed by atoms with Crippen molar-refractivity contribution in [2.45, 2.75) is 89.5 Å². The molecule has 0 spiro atoms. The average Bonchev–Trinajstić information content (AvgIpc) is 3.28. The average molecular weight is 863 g/mol. The number of fused-ring (bicyclic) bond motifs is 2. The standard InChI is InChI=1S/C55H66O5Si2/c1-54(2,3)61(44-27-14-8-15-28-44,45-29-16-9-17-30-45)58-38-43-37-42-36-41-26-22-23-35-48(41)51(56)50(42)52(60-53(57)40-24-12-7-13-25-40)49(43)39-59-62(55(4,5)6,46-31-18-10-19-32-46)47-33-20-11-21-34-47/h7-25,27-34,41-43,48-52,56H,26,35-39H2,1-6H3/t41-,42+,43-,48-,49-,50-,51+,52-/m0/s1. The Labute approximate surface area is 372 Å². The van der Waals surface area contributed by atoms with Crippen molar-refractivity contribution >= 4 is 43.4 Å². The highest BCUT2D eigenvalue weighted by molar-refractivity contribution is 7.00. The molecule has 0 aromatic heterocycles. The summed E-state index contributed by atoms with van der Waals surface area (Å²) in [5.41, 5.74) is 0.519. The minimum atomic E-state index is -3.02. The molecule has 3 aliphatic rings. The summed E-state index contributed by atoms with van der Waals surface area (Å²) in [5.74, 6) is -0.180. The molecule has 8 atom stereocenters. The van der Waals surface area contributed by atoms with Crippen LogP contribution in [0.15, 0.2) is 164 Å². The van der Waals surface area contributed by atoms with Crippen molar-refractivity contribution in [3.8, 4) is 0 Å². The summed E-state index contributed by atoms with van der Waals surface area (Å²) in [5, 5.41) is 17.1. The number of benzene rings is 5. The van der Waals surface area contributed by atoms with E-state index in [1.807, 2.05) is 30.3 Å². The Balaban J connectivity index is 1.27. The van der Waals surface area contributed by atoms with Crippen molar-refractivity contribution in [3.63, 3.8) is 0 Å². The number of aliphatic hydroxyl groups excluding tert-OH is 1. The van der Waals surface area contributed by atoms with Crippen LogP contribution < -0.4 is 20.7 Å². The van der Waals surface area contributed by atoms with Crippen LogP contribution in [0, 0.1) is 35.5 Å². The van der Waals surface area contributed by atoms with Gasteiger partial charge in [-0.3, -0.25) is 0 Å². The van der Waals surface area contributed by atoms with E-state index in [-0.39, 0.29) is 45.6 Å². The van der Waals surface area contributed by atoms with E-state index in [1.54, 1.807) is 0 Å². The van der Waals surface area contributed by atoms with E-state index < -0.39 is 28.8 Å². The highest BCUT2D eigenvalue weighted by Gasteiger charge is 2.58. The number of carbonyl (C=O) groups excluding carboxylic acids is 1. The molecule has 5 aromatic carbocycles. The fourth-order valence-corrected chi connectivity index (χ4v) is 21.1. The van der Waals surface area contributed by atoms with E-state index in [0.717, 1.165) is 25.7 Å². The van der Waals surface area contributed by atoms with Crippen molar-refractivity contribution in [1.29, 1.82) is 0 Å². The molecule has 5 nitrogen and oxygen atoms in total. The van der Waals surface area contributed by atoms with E-state index in [2.05, 4.69) is 175 Å². The molecule has 0 amide bonds. The van der Waals surface area contributed by atoms with Gasteiger partial charge in [0.1, 0.15) is 6.10 Å². The fourth-order valence-electron chi connectivity index (χ4n) is 11.9. The van der Waals surface area contributed by atoms with Crippen LogP contribution in [0.4, 0.5) is 0 Å². The predicted octanol–water partition coefficient (Wildman–Crippen LogP) is 9.58. The molecule has 2 saturated carbocycles. The third-order valence-corrected chi connectivity index (χ3v) is 24.7. The number of carbonyl (C=O) groups is 1. The molecule has 5 aromatic rings. The van der Waals surface area contributed by atoms with Crippen LogP contribution in [0.2, 0.25) is 10.1 Å². The lowest BCUT2D eigenvalue weighted by Gasteiger charge is -2.55. The number of rotatable bonds is 12. The lowest BCUT2D eigenvalue weighted by molar-refractivity contribution is -0.159. The molecule has 0 aliphatic heterocycles. The molecule has 0 heterocycles. The molecule has 2 fully saturated rings. The zero-order valence-corrected chi connectivity index (χ0v) is 39.5. The monoisotopic (exact) mass is 862 g/mol. The number of ether oxygens (including phenoxy) is 1. The van der Waals surface area contributed by atoms with Crippen LogP contribution in [0.25, 0.3) is 0 Å². The van der Waals surface area contributed by atoms with Crippen LogP contribution in [0.1, 0.15) is 77.6 Å². The smallest absolute Gasteiger partial charge is 0.338 e. The highest BCUT2D eigenvalue weighted by Crippen LogP contribution is 2.54. The predicted molar refractivity (Wildman–Crippen MR) is 257 cm³/mol. The van der Waals surface area contributed by atoms with E-state index in [1.165, 1.54) is 20.7 Å². The number of allylic oxidation sites excluding steroid dienone is 2. The summed E-state index contributed by atoms with van der Waals surface area (Å²) in [6, 6.07) is 52.7. The second kappa shape index (κ2) is 18.4. The minimum absolute atomic E-state index is 0.0208. The Hall–Kier alpha value is -4.38. The van der Waals surface area contributed by atoms with Gasteiger partial charge >= 0.3 is 5.97 Å². The Morgan fingerprint density at radius 3 is 1.44 bits per heavy atom. The van der Waals surface area contributed by atoms with Gasteiger partial charge in [0.15, 0.2) is 0 Å². The van der Waals surface area contributed by atoms with Crippen molar-refractivity contribution in [2.24, 2.45) is 35.5 Å². The van der Waals surface area contributed by atoms with Crippen molar-refractivity contribution in [3.05, 3.63) is 169 Å². The number of esters is 1. The molecule has 62 heavy (non-hydrogen) atoms. The zero-order chi connectivity index (χ0) is 43.5. The third-order valence-electron chi connectivity index (χ3n) is 14.7. The number of hydrogen-bond acceptors (Lipinski definition) is 5. The maximum Gasteiger partial charge on any atom is 0.338 e. The van der Waals surface area contributed by atoms with Gasteiger partial charge in [0, 0.05) is 25.0 Å².